The molecule has 19 heteroatoms. The van der Waals surface area contributed by atoms with E-state index >= 15 is 0 Å². The third-order valence-electron chi connectivity index (χ3n) is 15.3. The molecular formula is C56H47Cl7N6O6. The molecule has 0 radical (unpaired) electrons. The standard InChI is InChI=1S/C28H22Cl3N3O3.C28H24Cl3N3O3.ClH/c29-21-5-2-1-4-17(21)18-9-16(37-28(36)33-13-14-8-15(33)12-32-14)10-24-25(18)19-11-20(19)27(35)34(24)26-22(30)6-3-7-23(26)31;1-32-9-11-33(12-10-32)28(36)37-16-13-18(17-5-2-3-6-21(17)29)25-19-15-20(19)27(35)34(24(25)14-16)26-22(30)7-4-8-23(26)31;/h1-7,9-10,14-15,19-20,32H,8,11-13H2;2-8,13-14,19-20H,9-12,15H2,1H3;1H. The van der Waals surface area contributed by atoms with E-state index in [1.165, 1.54) is 0 Å². The van der Waals surface area contributed by atoms with Gasteiger partial charge in [0, 0.05) is 96.5 Å². The number of hydrogen-bond donors (Lipinski definition) is 1. The van der Waals surface area contributed by atoms with E-state index in [9.17, 15) is 19.2 Å². The van der Waals surface area contributed by atoms with Gasteiger partial charge in [-0.15, -0.1) is 12.4 Å². The van der Waals surface area contributed by atoms with Crippen molar-refractivity contribution in [1.82, 2.24) is 20.0 Å². The van der Waals surface area contributed by atoms with Crippen LogP contribution in [0.5, 0.6) is 11.5 Å². The number of rotatable bonds is 6. The van der Waals surface area contributed by atoms with Crippen molar-refractivity contribution >= 4 is 129 Å². The molecule has 3 saturated heterocycles. The van der Waals surface area contributed by atoms with Crippen molar-refractivity contribution in [2.45, 2.75) is 43.2 Å². The molecule has 7 aliphatic rings. The van der Waals surface area contributed by atoms with E-state index in [4.69, 9.17) is 79.1 Å². The number of halogens is 7. The number of ether oxygens (including phenoxy) is 2. The van der Waals surface area contributed by atoms with Crippen LogP contribution in [-0.4, -0.2) is 97.1 Å². The topological polar surface area (TPSA) is 115 Å². The Kier molecular flexibility index (Phi) is 14.2. The Morgan fingerprint density at radius 2 is 0.973 bits per heavy atom. The van der Waals surface area contributed by atoms with E-state index in [0.717, 1.165) is 72.3 Å². The fraction of sp³-hybridized carbons (Fsp3) is 0.286. The zero-order valence-electron chi connectivity index (χ0n) is 40.1. The minimum absolute atomic E-state index is 0. The Morgan fingerprint density at radius 1 is 0.533 bits per heavy atom. The maximum Gasteiger partial charge on any atom is 0.415 e. The van der Waals surface area contributed by atoms with Gasteiger partial charge in [0.1, 0.15) is 11.5 Å². The number of carbonyl (C=O) groups is 4. The van der Waals surface area contributed by atoms with Crippen molar-refractivity contribution < 1.29 is 28.7 Å². The molecule has 5 aliphatic heterocycles. The van der Waals surface area contributed by atoms with Crippen LogP contribution in [0.15, 0.2) is 109 Å². The summed E-state index contributed by atoms with van der Waals surface area (Å²) in [6.45, 7) is 4.12. The smallest absolute Gasteiger partial charge is 0.410 e. The van der Waals surface area contributed by atoms with Crippen LogP contribution in [0.1, 0.15) is 42.2 Å². The van der Waals surface area contributed by atoms with Crippen molar-refractivity contribution in [3.05, 3.63) is 150 Å². The van der Waals surface area contributed by atoms with Crippen LogP contribution in [0.4, 0.5) is 32.3 Å². The number of para-hydroxylation sites is 2. The molecule has 2 aliphatic carbocycles. The van der Waals surface area contributed by atoms with E-state index in [1.807, 2.05) is 67.7 Å². The zero-order chi connectivity index (χ0) is 51.3. The van der Waals surface area contributed by atoms with E-state index in [0.29, 0.717) is 90.1 Å². The number of benzene rings is 6. The first kappa shape index (κ1) is 51.8. The summed E-state index contributed by atoms with van der Waals surface area (Å²) in [5.41, 5.74) is 7.33. The first-order valence-electron chi connectivity index (χ1n) is 24.5. The molecule has 5 fully saturated rings. The zero-order valence-corrected chi connectivity index (χ0v) is 45.4. The lowest BCUT2D eigenvalue weighted by molar-refractivity contribution is -0.120. The lowest BCUT2D eigenvalue weighted by Crippen LogP contribution is -2.48. The van der Waals surface area contributed by atoms with Crippen LogP contribution in [0, 0.1) is 11.8 Å². The van der Waals surface area contributed by atoms with Crippen molar-refractivity contribution in [3.63, 3.8) is 0 Å². The summed E-state index contributed by atoms with van der Waals surface area (Å²) in [4.78, 5) is 62.4. The Hall–Kier alpha value is -5.25. The highest BCUT2D eigenvalue weighted by molar-refractivity contribution is 6.41. The van der Waals surface area contributed by atoms with Gasteiger partial charge in [-0.2, -0.15) is 0 Å². The number of fused-ring (bicyclic) bond motifs is 8. The monoisotopic (exact) mass is 1140 g/mol. The fourth-order valence-corrected chi connectivity index (χ4v) is 13.0. The van der Waals surface area contributed by atoms with Crippen molar-refractivity contribution in [2.24, 2.45) is 11.8 Å². The Balaban J connectivity index is 0.000000158. The summed E-state index contributed by atoms with van der Waals surface area (Å²) in [6, 6.07) is 33.1. The summed E-state index contributed by atoms with van der Waals surface area (Å²) in [6.07, 6.45) is 1.56. The maximum absolute atomic E-state index is 13.6. The highest BCUT2D eigenvalue weighted by Gasteiger charge is 2.55. The molecule has 386 valence electrons. The molecule has 13 rings (SSSR count). The van der Waals surface area contributed by atoms with Crippen LogP contribution in [0.2, 0.25) is 30.1 Å². The number of hydrogen-bond acceptors (Lipinski definition) is 8. The molecule has 1 N–H and O–H groups in total. The third-order valence-corrected chi connectivity index (χ3v) is 17.1. The van der Waals surface area contributed by atoms with Gasteiger partial charge in [-0.3, -0.25) is 19.4 Å². The van der Waals surface area contributed by atoms with Crippen LogP contribution in [0.25, 0.3) is 22.3 Å². The molecule has 75 heavy (non-hydrogen) atoms. The number of nitrogens with one attached hydrogen (secondary N) is 1. The molecule has 4 amide bonds. The molecule has 6 aromatic rings. The van der Waals surface area contributed by atoms with E-state index in [2.05, 4.69) is 10.2 Å². The summed E-state index contributed by atoms with van der Waals surface area (Å²) in [7, 11) is 2.03. The molecule has 0 spiro atoms. The van der Waals surface area contributed by atoms with Crippen LogP contribution in [-0.2, 0) is 9.59 Å². The molecule has 6 aromatic carbocycles. The molecule has 2 saturated carbocycles. The lowest BCUT2D eigenvalue weighted by Gasteiger charge is -2.33. The van der Waals surface area contributed by atoms with Gasteiger partial charge in [-0.05, 0) is 109 Å². The van der Waals surface area contributed by atoms with E-state index in [1.54, 1.807) is 68.1 Å². The normalized spacial score (nSPS) is 22.8. The Labute approximate surface area is 469 Å². The van der Waals surface area contributed by atoms with Crippen LogP contribution >= 0.6 is 82.0 Å². The lowest BCUT2D eigenvalue weighted by atomic mass is 9.90. The van der Waals surface area contributed by atoms with Crippen LogP contribution < -0.4 is 24.6 Å². The quantitative estimate of drug-likeness (QED) is 0.175. The number of anilines is 4. The molecule has 12 nitrogen and oxygen atoms in total. The molecule has 6 unspecified atom stereocenters. The van der Waals surface area contributed by atoms with E-state index < -0.39 is 12.2 Å². The highest BCUT2D eigenvalue weighted by Crippen LogP contribution is 2.63. The van der Waals surface area contributed by atoms with Gasteiger partial charge < -0.3 is 29.5 Å². The van der Waals surface area contributed by atoms with Gasteiger partial charge in [0.15, 0.2) is 0 Å². The highest BCUT2D eigenvalue weighted by atomic mass is 35.5. The minimum atomic E-state index is -0.424. The second kappa shape index (κ2) is 20.6. The van der Waals surface area contributed by atoms with Gasteiger partial charge in [-0.1, -0.05) is 118 Å². The molecule has 0 aromatic heterocycles. The average molecular weight is 1150 g/mol. The van der Waals surface area contributed by atoms with Gasteiger partial charge in [0.05, 0.1) is 42.8 Å². The van der Waals surface area contributed by atoms with Crippen molar-refractivity contribution in [2.75, 3.05) is 56.1 Å². The summed E-state index contributed by atoms with van der Waals surface area (Å²) < 4.78 is 11.9. The Bertz CT molecular complexity index is 3300. The van der Waals surface area contributed by atoms with Crippen LogP contribution in [0.3, 0.4) is 0 Å². The van der Waals surface area contributed by atoms with Gasteiger partial charge in [-0.25, -0.2) is 9.59 Å². The number of likely N-dealkylation sites (N-methyl/N-ethyl adjacent to an activating group) is 1. The molecular weight excluding hydrogens is 1100 g/mol. The largest absolute Gasteiger partial charge is 0.415 e. The van der Waals surface area contributed by atoms with E-state index in [-0.39, 0.29) is 53.9 Å². The third kappa shape index (κ3) is 9.48. The maximum atomic E-state index is 13.6. The second-order valence-corrected chi connectivity index (χ2v) is 22.3. The summed E-state index contributed by atoms with van der Waals surface area (Å²) in [5, 5.41) is 6.02. The first-order chi connectivity index (χ1) is 35.7. The Morgan fingerprint density at radius 3 is 1.40 bits per heavy atom. The van der Waals surface area contributed by atoms with Crippen molar-refractivity contribution in [3.8, 4) is 33.8 Å². The summed E-state index contributed by atoms with van der Waals surface area (Å²) >= 11 is 39.6. The van der Waals surface area contributed by atoms with Gasteiger partial charge in [0.2, 0.25) is 11.8 Å². The first-order valence-corrected chi connectivity index (χ1v) is 26.8. The predicted molar refractivity (Wildman–Crippen MR) is 298 cm³/mol. The number of nitrogens with zero attached hydrogens (tertiary/aromatic N) is 5. The van der Waals surface area contributed by atoms with Gasteiger partial charge in [0.25, 0.3) is 0 Å². The number of likely N-dealkylation sites (tertiary alicyclic amines) is 1. The fourth-order valence-electron chi connectivity index (χ4n) is 11.4. The molecule has 2 bridgehead atoms. The SMILES string of the molecule is CN1CCN(C(=O)Oc2cc(-c3ccccc3Cl)c3c(c2)N(c2c(Cl)cccc2Cl)C(=O)C2CC32)CC1.Cl.O=C1C2CC2c2c(-c3ccccc3Cl)cc(OC(=O)N3CC4CC3CN4)cc2N1c1c(Cl)cccc1Cl. The minimum Gasteiger partial charge on any atom is -0.410 e. The second-order valence-electron chi connectivity index (χ2n) is 19.8. The predicted octanol–water partition coefficient (Wildman–Crippen LogP) is 13.9. The number of piperazine rings is 2. The van der Waals surface area contributed by atoms with Crippen molar-refractivity contribution in [1.29, 1.82) is 0 Å². The summed E-state index contributed by atoms with van der Waals surface area (Å²) in [5.74, 6) is 0.309. The van der Waals surface area contributed by atoms with Gasteiger partial charge >= 0.3 is 12.2 Å². The molecule has 5 heterocycles. The number of amides is 4. The average Bonchev–Trinajstić information content (AvgIpc) is 4.29. The number of carbonyl (C=O) groups excluding carboxylic acids is 4. The molecule has 6 atom stereocenters.